The average molecular weight is 260 g/mol. The van der Waals surface area contributed by atoms with Crippen LogP contribution in [-0.2, 0) is 6.18 Å². The molecular formula is C13H19F3N2. The van der Waals surface area contributed by atoms with Gasteiger partial charge in [-0.05, 0) is 38.5 Å². The Balaban J connectivity index is 2.84. The molecule has 3 unspecified atom stereocenters. The lowest BCUT2D eigenvalue weighted by Gasteiger charge is -2.23. The van der Waals surface area contributed by atoms with Crippen LogP contribution in [0.2, 0.25) is 0 Å². The van der Waals surface area contributed by atoms with Gasteiger partial charge < -0.3 is 11.1 Å². The molecule has 18 heavy (non-hydrogen) atoms. The first kappa shape index (κ1) is 15.0. The average Bonchev–Trinajstić information content (AvgIpc) is 2.27. The van der Waals surface area contributed by atoms with E-state index in [0.29, 0.717) is 5.56 Å². The fourth-order valence-electron chi connectivity index (χ4n) is 1.63. The van der Waals surface area contributed by atoms with Crippen LogP contribution < -0.4 is 11.1 Å². The fourth-order valence-corrected chi connectivity index (χ4v) is 1.63. The first-order chi connectivity index (χ1) is 8.21. The van der Waals surface area contributed by atoms with Crippen LogP contribution in [0.3, 0.4) is 0 Å². The van der Waals surface area contributed by atoms with Gasteiger partial charge in [0.05, 0.1) is 5.56 Å². The van der Waals surface area contributed by atoms with Crippen LogP contribution in [0.15, 0.2) is 24.3 Å². The van der Waals surface area contributed by atoms with Gasteiger partial charge in [-0.15, -0.1) is 0 Å². The molecule has 0 radical (unpaired) electrons. The van der Waals surface area contributed by atoms with Crippen molar-refractivity contribution in [2.75, 3.05) is 0 Å². The minimum Gasteiger partial charge on any atom is -0.327 e. The third kappa shape index (κ3) is 3.99. The molecule has 0 aliphatic rings. The van der Waals surface area contributed by atoms with E-state index in [1.54, 1.807) is 6.07 Å². The topological polar surface area (TPSA) is 38.0 Å². The van der Waals surface area contributed by atoms with Gasteiger partial charge in [0.15, 0.2) is 0 Å². The molecule has 3 atom stereocenters. The summed E-state index contributed by atoms with van der Waals surface area (Å²) in [5.74, 6) is 0. The highest BCUT2D eigenvalue weighted by molar-refractivity contribution is 5.27. The van der Waals surface area contributed by atoms with Crippen LogP contribution in [0.5, 0.6) is 0 Å². The largest absolute Gasteiger partial charge is 0.416 e. The van der Waals surface area contributed by atoms with Crippen molar-refractivity contribution in [2.24, 2.45) is 5.73 Å². The lowest BCUT2D eigenvalue weighted by atomic mass is 10.0. The summed E-state index contributed by atoms with van der Waals surface area (Å²) in [4.78, 5) is 0. The number of nitrogens with one attached hydrogen (secondary N) is 1. The summed E-state index contributed by atoms with van der Waals surface area (Å²) < 4.78 is 37.7. The van der Waals surface area contributed by atoms with Crippen molar-refractivity contribution >= 4 is 0 Å². The number of hydrogen-bond acceptors (Lipinski definition) is 2. The van der Waals surface area contributed by atoms with Gasteiger partial charge in [0.25, 0.3) is 0 Å². The number of hydrogen-bond donors (Lipinski definition) is 2. The molecule has 1 aromatic rings. The van der Waals surface area contributed by atoms with E-state index < -0.39 is 11.7 Å². The molecule has 0 saturated heterocycles. The van der Waals surface area contributed by atoms with Crippen LogP contribution in [0, 0.1) is 0 Å². The normalized spacial score (nSPS) is 17.3. The SMILES string of the molecule is CC(NC(C)C(C)N)c1cccc(C(F)(F)F)c1. The van der Waals surface area contributed by atoms with Crippen LogP contribution >= 0.6 is 0 Å². The van der Waals surface area contributed by atoms with Gasteiger partial charge in [-0.25, -0.2) is 0 Å². The van der Waals surface area contributed by atoms with Crippen LogP contribution in [0.4, 0.5) is 13.2 Å². The summed E-state index contributed by atoms with van der Waals surface area (Å²) >= 11 is 0. The Hall–Kier alpha value is -1.07. The van der Waals surface area contributed by atoms with E-state index in [4.69, 9.17) is 5.73 Å². The zero-order valence-electron chi connectivity index (χ0n) is 10.8. The second-order valence-electron chi connectivity index (χ2n) is 4.66. The molecule has 102 valence electrons. The minimum absolute atomic E-state index is 0.0366. The van der Waals surface area contributed by atoms with E-state index in [9.17, 15) is 13.2 Å². The Kier molecular flexibility index (Phi) is 4.76. The molecule has 0 aromatic heterocycles. The van der Waals surface area contributed by atoms with Gasteiger partial charge in [-0.2, -0.15) is 13.2 Å². The first-order valence-electron chi connectivity index (χ1n) is 5.90. The number of nitrogens with two attached hydrogens (primary N) is 1. The molecule has 1 rings (SSSR count). The highest BCUT2D eigenvalue weighted by Gasteiger charge is 2.30. The quantitative estimate of drug-likeness (QED) is 0.873. The maximum absolute atomic E-state index is 12.6. The molecule has 3 N–H and O–H groups in total. The van der Waals surface area contributed by atoms with Gasteiger partial charge >= 0.3 is 6.18 Å². The zero-order chi connectivity index (χ0) is 13.9. The monoisotopic (exact) mass is 260 g/mol. The Morgan fingerprint density at radius 2 is 1.78 bits per heavy atom. The molecule has 0 bridgehead atoms. The van der Waals surface area contributed by atoms with Crippen molar-refractivity contribution in [3.63, 3.8) is 0 Å². The van der Waals surface area contributed by atoms with Gasteiger partial charge in [0.1, 0.15) is 0 Å². The second-order valence-corrected chi connectivity index (χ2v) is 4.66. The summed E-state index contributed by atoms with van der Waals surface area (Å²) in [7, 11) is 0. The number of alkyl halides is 3. The zero-order valence-corrected chi connectivity index (χ0v) is 10.8. The Bertz CT molecular complexity index is 388. The van der Waals surface area contributed by atoms with E-state index >= 15 is 0 Å². The summed E-state index contributed by atoms with van der Waals surface area (Å²) in [5, 5.41) is 3.18. The summed E-state index contributed by atoms with van der Waals surface area (Å²) in [5.41, 5.74) is 5.70. The predicted molar refractivity (Wildman–Crippen MR) is 66.1 cm³/mol. The molecule has 0 spiro atoms. The highest BCUT2D eigenvalue weighted by Crippen LogP contribution is 2.30. The molecule has 0 aliphatic carbocycles. The van der Waals surface area contributed by atoms with E-state index in [-0.39, 0.29) is 18.1 Å². The van der Waals surface area contributed by atoms with Crippen molar-refractivity contribution in [1.82, 2.24) is 5.32 Å². The summed E-state index contributed by atoms with van der Waals surface area (Å²) in [6, 6.07) is 5.16. The van der Waals surface area contributed by atoms with Crippen LogP contribution in [0.1, 0.15) is 37.9 Å². The van der Waals surface area contributed by atoms with Crippen molar-refractivity contribution in [3.05, 3.63) is 35.4 Å². The van der Waals surface area contributed by atoms with Gasteiger partial charge in [-0.3, -0.25) is 0 Å². The van der Waals surface area contributed by atoms with Crippen molar-refractivity contribution in [2.45, 2.75) is 45.1 Å². The molecule has 0 fully saturated rings. The van der Waals surface area contributed by atoms with E-state index in [0.717, 1.165) is 6.07 Å². The molecule has 1 aromatic carbocycles. The highest BCUT2D eigenvalue weighted by atomic mass is 19.4. The third-order valence-corrected chi connectivity index (χ3v) is 3.02. The smallest absolute Gasteiger partial charge is 0.327 e. The second kappa shape index (κ2) is 5.71. The molecular weight excluding hydrogens is 241 g/mol. The maximum atomic E-state index is 12.6. The first-order valence-corrected chi connectivity index (χ1v) is 5.90. The van der Waals surface area contributed by atoms with Gasteiger partial charge in [0.2, 0.25) is 0 Å². The lowest BCUT2D eigenvalue weighted by molar-refractivity contribution is -0.137. The van der Waals surface area contributed by atoms with Crippen molar-refractivity contribution < 1.29 is 13.2 Å². The summed E-state index contributed by atoms with van der Waals surface area (Å²) in [6.45, 7) is 5.60. The Labute approximate surface area is 105 Å². The molecule has 5 heteroatoms. The minimum atomic E-state index is -4.30. The number of halogens is 3. The van der Waals surface area contributed by atoms with Gasteiger partial charge in [0, 0.05) is 18.1 Å². The summed E-state index contributed by atoms with van der Waals surface area (Å²) in [6.07, 6.45) is -4.30. The molecule has 0 heterocycles. The lowest BCUT2D eigenvalue weighted by Crippen LogP contribution is -2.42. The van der Waals surface area contributed by atoms with Crippen LogP contribution in [-0.4, -0.2) is 12.1 Å². The van der Waals surface area contributed by atoms with E-state index in [1.807, 2.05) is 20.8 Å². The fraction of sp³-hybridized carbons (Fsp3) is 0.538. The molecule has 2 nitrogen and oxygen atoms in total. The Morgan fingerprint density at radius 1 is 1.17 bits per heavy atom. The third-order valence-electron chi connectivity index (χ3n) is 3.02. The standard InChI is InChI=1S/C13H19F3N2/c1-8(17)9(2)18-10(3)11-5-4-6-12(7-11)13(14,15)16/h4-10,18H,17H2,1-3H3. The molecule has 0 amide bonds. The number of rotatable bonds is 4. The Morgan fingerprint density at radius 3 is 2.28 bits per heavy atom. The number of benzene rings is 1. The van der Waals surface area contributed by atoms with Crippen molar-refractivity contribution in [3.8, 4) is 0 Å². The van der Waals surface area contributed by atoms with E-state index in [2.05, 4.69) is 5.32 Å². The predicted octanol–water partition coefficient (Wildman–Crippen LogP) is 3.09. The van der Waals surface area contributed by atoms with Crippen molar-refractivity contribution in [1.29, 1.82) is 0 Å². The van der Waals surface area contributed by atoms with E-state index in [1.165, 1.54) is 12.1 Å². The maximum Gasteiger partial charge on any atom is 0.416 e. The molecule has 0 saturated carbocycles. The van der Waals surface area contributed by atoms with Crippen LogP contribution in [0.25, 0.3) is 0 Å². The molecule has 0 aliphatic heterocycles. The van der Waals surface area contributed by atoms with Gasteiger partial charge in [-0.1, -0.05) is 12.1 Å².